The molecule has 0 saturated heterocycles. The number of carbonyl (C=O) groups excluding carboxylic acids is 1. The summed E-state index contributed by atoms with van der Waals surface area (Å²) in [5.41, 5.74) is 8.75. The maximum absolute atomic E-state index is 11.5. The molecule has 16 heavy (non-hydrogen) atoms. The Kier molecular flexibility index (Phi) is 4.88. The lowest BCUT2D eigenvalue weighted by molar-refractivity contribution is 0.0915. The van der Waals surface area contributed by atoms with Crippen molar-refractivity contribution in [2.24, 2.45) is 5.11 Å². The molecular formula is C9H13N5O2. The van der Waals surface area contributed by atoms with Crippen molar-refractivity contribution < 1.29 is 9.32 Å². The number of hydrogen-bond donors (Lipinski definition) is 1. The largest absolute Gasteiger partial charge is 0.351 e. The van der Waals surface area contributed by atoms with E-state index >= 15 is 0 Å². The minimum Gasteiger partial charge on any atom is -0.351 e. The van der Waals surface area contributed by atoms with E-state index in [4.69, 9.17) is 10.1 Å². The molecule has 1 N–H and O–H groups in total. The molecule has 1 aromatic heterocycles. The molecule has 0 aromatic carbocycles. The topological polar surface area (TPSA) is 104 Å². The Bertz CT molecular complexity index is 394. The molecular weight excluding hydrogens is 210 g/mol. The van der Waals surface area contributed by atoms with Gasteiger partial charge in [-0.2, -0.15) is 0 Å². The first kappa shape index (κ1) is 12.1. The third kappa shape index (κ3) is 3.62. The van der Waals surface area contributed by atoms with Crippen molar-refractivity contribution in [1.29, 1.82) is 0 Å². The molecule has 1 amide bonds. The van der Waals surface area contributed by atoms with E-state index in [1.807, 2.05) is 0 Å². The first-order chi connectivity index (χ1) is 7.75. The molecule has 1 heterocycles. The Hall–Kier alpha value is -2.01. The Balaban J connectivity index is 2.21. The third-order valence-corrected chi connectivity index (χ3v) is 1.99. The van der Waals surface area contributed by atoms with Gasteiger partial charge in [-0.3, -0.25) is 4.79 Å². The summed E-state index contributed by atoms with van der Waals surface area (Å²) in [4.78, 5) is 14.1. The summed E-state index contributed by atoms with van der Waals surface area (Å²) in [6.45, 7) is 2.74. The molecule has 0 unspecified atom stereocenters. The molecule has 7 heteroatoms. The van der Waals surface area contributed by atoms with Crippen LogP contribution in [-0.4, -0.2) is 24.2 Å². The van der Waals surface area contributed by atoms with Crippen LogP contribution in [0.2, 0.25) is 0 Å². The Morgan fingerprint density at radius 3 is 3.12 bits per heavy atom. The van der Waals surface area contributed by atoms with Crippen molar-refractivity contribution in [3.8, 4) is 0 Å². The molecule has 0 fully saturated rings. The predicted molar refractivity (Wildman–Crippen MR) is 56.8 cm³/mol. The first-order valence-electron chi connectivity index (χ1n) is 4.96. The molecule has 1 rings (SSSR count). The lowest BCUT2D eigenvalue weighted by Gasteiger charge is -2.01. The van der Waals surface area contributed by atoms with Crippen molar-refractivity contribution in [2.45, 2.75) is 19.8 Å². The smallest absolute Gasteiger partial charge is 0.290 e. The molecule has 0 saturated carbocycles. The minimum absolute atomic E-state index is 0.245. The molecule has 0 spiro atoms. The van der Waals surface area contributed by atoms with Crippen LogP contribution < -0.4 is 5.32 Å². The summed E-state index contributed by atoms with van der Waals surface area (Å²) < 4.78 is 4.79. The summed E-state index contributed by atoms with van der Waals surface area (Å²) in [5.74, 6) is -0.0196. The second-order valence-electron chi connectivity index (χ2n) is 3.26. The van der Waals surface area contributed by atoms with Crippen LogP contribution >= 0.6 is 0 Å². The molecule has 1 aromatic rings. The van der Waals surface area contributed by atoms with Gasteiger partial charge in [0.2, 0.25) is 5.76 Å². The summed E-state index contributed by atoms with van der Waals surface area (Å²) in [6, 6.07) is 0. The van der Waals surface area contributed by atoms with Gasteiger partial charge >= 0.3 is 0 Å². The lowest BCUT2D eigenvalue weighted by Crippen LogP contribution is -2.24. The van der Waals surface area contributed by atoms with Gasteiger partial charge in [-0.1, -0.05) is 10.3 Å². The van der Waals surface area contributed by atoms with Gasteiger partial charge in [0.25, 0.3) is 5.91 Å². The SMILES string of the molecule is Cc1cnoc1C(=O)NCCCCN=[N+]=[N-]. The Morgan fingerprint density at radius 1 is 1.69 bits per heavy atom. The quantitative estimate of drug-likeness (QED) is 0.344. The highest BCUT2D eigenvalue weighted by Crippen LogP contribution is 2.05. The third-order valence-electron chi connectivity index (χ3n) is 1.99. The van der Waals surface area contributed by atoms with Crippen molar-refractivity contribution >= 4 is 5.91 Å². The molecule has 0 atom stereocenters. The van der Waals surface area contributed by atoms with Crippen LogP contribution in [0.3, 0.4) is 0 Å². The maximum Gasteiger partial charge on any atom is 0.290 e. The Labute approximate surface area is 92.4 Å². The standard InChI is InChI=1S/C9H13N5O2/c1-7-6-13-16-8(7)9(15)11-4-2-3-5-12-14-10/h6H,2-5H2,1H3,(H,11,15). The zero-order valence-corrected chi connectivity index (χ0v) is 9.01. The van der Waals surface area contributed by atoms with Gasteiger partial charge in [-0.15, -0.1) is 0 Å². The fraction of sp³-hybridized carbons (Fsp3) is 0.556. The molecule has 7 nitrogen and oxygen atoms in total. The summed E-state index contributed by atoms with van der Waals surface area (Å²) >= 11 is 0. The average Bonchev–Trinajstić information content (AvgIpc) is 2.69. The van der Waals surface area contributed by atoms with Crippen LogP contribution in [-0.2, 0) is 0 Å². The van der Waals surface area contributed by atoms with Crippen LogP contribution in [0.4, 0.5) is 0 Å². The second kappa shape index (κ2) is 6.47. The monoisotopic (exact) mass is 223 g/mol. The normalized spacial score (nSPS) is 9.56. The van der Waals surface area contributed by atoms with Crippen LogP contribution in [0.15, 0.2) is 15.8 Å². The van der Waals surface area contributed by atoms with E-state index in [2.05, 4.69) is 20.5 Å². The van der Waals surface area contributed by atoms with Gasteiger partial charge in [0.05, 0.1) is 6.20 Å². The van der Waals surface area contributed by atoms with Gasteiger partial charge in [0.15, 0.2) is 0 Å². The number of nitrogens with zero attached hydrogens (tertiary/aromatic N) is 4. The average molecular weight is 223 g/mol. The number of amides is 1. The van der Waals surface area contributed by atoms with E-state index in [0.717, 1.165) is 12.8 Å². The van der Waals surface area contributed by atoms with Crippen molar-refractivity contribution in [2.75, 3.05) is 13.1 Å². The Morgan fingerprint density at radius 2 is 2.50 bits per heavy atom. The highest BCUT2D eigenvalue weighted by atomic mass is 16.5. The van der Waals surface area contributed by atoms with Crippen LogP contribution in [0.5, 0.6) is 0 Å². The zero-order chi connectivity index (χ0) is 11.8. The van der Waals surface area contributed by atoms with Crippen molar-refractivity contribution in [3.63, 3.8) is 0 Å². The van der Waals surface area contributed by atoms with E-state index in [0.29, 0.717) is 18.7 Å². The number of carbonyl (C=O) groups is 1. The summed E-state index contributed by atoms with van der Waals surface area (Å²) in [5, 5.41) is 9.61. The van der Waals surface area contributed by atoms with Gasteiger partial charge in [-0.25, -0.2) is 0 Å². The fourth-order valence-electron chi connectivity index (χ4n) is 1.14. The molecule has 0 aliphatic rings. The zero-order valence-electron chi connectivity index (χ0n) is 9.01. The molecule has 0 aliphatic carbocycles. The first-order valence-corrected chi connectivity index (χ1v) is 4.96. The maximum atomic E-state index is 11.5. The predicted octanol–water partition coefficient (Wildman–Crippen LogP) is 1.80. The molecule has 0 radical (unpaired) electrons. The van der Waals surface area contributed by atoms with Gasteiger partial charge in [0.1, 0.15) is 0 Å². The van der Waals surface area contributed by atoms with E-state index in [-0.39, 0.29) is 11.7 Å². The molecule has 86 valence electrons. The van der Waals surface area contributed by atoms with Gasteiger partial charge in [0, 0.05) is 23.6 Å². The number of aryl methyl sites for hydroxylation is 1. The number of azide groups is 1. The van der Waals surface area contributed by atoms with Crippen LogP contribution in [0, 0.1) is 6.92 Å². The van der Waals surface area contributed by atoms with E-state index < -0.39 is 0 Å². The van der Waals surface area contributed by atoms with Crippen molar-refractivity contribution in [3.05, 3.63) is 28.0 Å². The second-order valence-corrected chi connectivity index (χ2v) is 3.26. The minimum atomic E-state index is -0.265. The van der Waals surface area contributed by atoms with E-state index in [9.17, 15) is 4.79 Å². The van der Waals surface area contributed by atoms with Gasteiger partial charge in [-0.05, 0) is 25.3 Å². The van der Waals surface area contributed by atoms with Crippen LogP contribution in [0.25, 0.3) is 10.4 Å². The number of aromatic nitrogens is 1. The number of nitrogens with one attached hydrogen (secondary N) is 1. The summed E-state index contributed by atoms with van der Waals surface area (Å²) in [6.07, 6.45) is 3.01. The number of rotatable bonds is 6. The highest BCUT2D eigenvalue weighted by Gasteiger charge is 2.12. The number of unbranched alkanes of at least 4 members (excludes halogenated alkanes) is 1. The van der Waals surface area contributed by atoms with Crippen LogP contribution in [0.1, 0.15) is 29.0 Å². The molecule has 0 bridgehead atoms. The van der Waals surface area contributed by atoms with E-state index in [1.54, 1.807) is 6.92 Å². The van der Waals surface area contributed by atoms with Gasteiger partial charge < -0.3 is 9.84 Å². The van der Waals surface area contributed by atoms with Crippen molar-refractivity contribution in [1.82, 2.24) is 10.5 Å². The lowest BCUT2D eigenvalue weighted by atomic mass is 10.2. The summed E-state index contributed by atoms with van der Waals surface area (Å²) in [7, 11) is 0. The highest BCUT2D eigenvalue weighted by molar-refractivity contribution is 5.92. The number of hydrogen-bond acceptors (Lipinski definition) is 4. The fourth-order valence-corrected chi connectivity index (χ4v) is 1.14. The van der Waals surface area contributed by atoms with E-state index in [1.165, 1.54) is 6.20 Å². The molecule has 0 aliphatic heterocycles.